The van der Waals surface area contributed by atoms with Crippen molar-refractivity contribution in [3.63, 3.8) is 0 Å². The van der Waals surface area contributed by atoms with E-state index < -0.39 is 0 Å². The van der Waals surface area contributed by atoms with Gasteiger partial charge in [-0.05, 0) is 24.6 Å². The standard InChI is InChI=1S/C17H26N2/c1-2-3-4-5-6-7-8-9-13-19-17-12-10-11-16(14-17)15-18/h10-12,14,19H,2-9,13H2,1H3. The van der Waals surface area contributed by atoms with Crippen LogP contribution in [-0.2, 0) is 0 Å². The van der Waals surface area contributed by atoms with E-state index in [4.69, 9.17) is 5.26 Å². The molecular formula is C17H26N2. The van der Waals surface area contributed by atoms with Gasteiger partial charge < -0.3 is 5.32 Å². The van der Waals surface area contributed by atoms with Gasteiger partial charge in [0, 0.05) is 12.2 Å². The second-order valence-electron chi connectivity index (χ2n) is 5.09. The Morgan fingerprint density at radius 1 is 1.00 bits per heavy atom. The van der Waals surface area contributed by atoms with Gasteiger partial charge in [-0.1, -0.05) is 57.9 Å². The van der Waals surface area contributed by atoms with E-state index in [2.05, 4.69) is 18.3 Å². The molecule has 0 atom stereocenters. The van der Waals surface area contributed by atoms with Crippen molar-refractivity contribution in [3.05, 3.63) is 29.8 Å². The molecule has 2 heteroatoms. The average Bonchev–Trinajstić information content (AvgIpc) is 2.46. The van der Waals surface area contributed by atoms with Crippen molar-refractivity contribution in [3.8, 4) is 6.07 Å². The van der Waals surface area contributed by atoms with E-state index in [1.165, 1.54) is 51.4 Å². The van der Waals surface area contributed by atoms with Crippen molar-refractivity contribution in [2.75, 3.05) is 11.9 Å². The Morgan fingerprint density at radius 2 is 1.68 bits per heavy atom. The number of nitriles is 1. The van der Waals surface area contributed by atoms with Gasteiger partial charge in [0.15, 0.2) is 0 Å². The van der Waals surface area contributed by atoms with E-state index >= 15 is 0 Å². The molecule has 1 aromatic rings. The lowest BCUT2D eigenvalue weighted by molar-refractivity contribution is 0.581. The molecule has 0 fully saturated rings. The first-order valence-corrected chi connectivity index (χ1v) is 7.61. The zero-order valence-corrected chi connectivity index (χ0v) is 12.1. The minimum Gasteiger partial charge on any atom is -0.385 e. The zero-order chi connectivity index (χ0) is 13.8. The highest BCUT2D eigenvalue weighted by Crippen LogP contribution is 2.11. The molecule has 0 aliphatic heterocycles. The molecule has 19 heavy (non-hydrogen) atoms. The predicted octanol–water partition coefficient (Wildman–Crippen LogP) is 5.11. The number of nitrogens with zero attached hydrogens (tertiary/aromatic N) is 1. The molecule has 0 bridgehead atoms. The number of rotatable bonds is 10. The second-order valence-corrected chi connectivity index (χ2v) is 5.09. The quantitative estimate of drug-likeness (QED) is 0.592. The summed E-state index contributed by atoms with van der Waals surface area (Å²) in [6.45, 7) is 3.26. The van der Waals surface area contributed by atoms with Gasteiger partial charge in [0.25, 0.3) is 0 Å². The fourth-order valence-electron chi connectivity index (χ4n) is 2.19. The minimum absolute atomic E-state index is 0.723. The van der Waals surface area contributed by atoms with Crippen molar-refractivity contribution < 1.29 is 0 Å². The first-order chi connectivity index (χ1) is 9.36. The summed E-state index contributed by atoms with van der Waals surface area (Å²) in [5, 5.41) is 12.2. The molecule has 0 heterocycles. The summed E-state index contributed by atoms with van der Waals surface area (Å²) in [5.74, 6) is 0. The smallest absolute Gasteiger partial charge is 0.0992 e. The predicted molar refractivity (Wildman–Crippen MR) is 82.3 cm³/mol. The van der Waals surface area contributed by atoms with Gasteiger partial charge in [-0.15, -0.1) is 0 Å². The van der Waals surface area contributed by atoms with E-state index in [0.29, 0.717) is 0 Å². The molecular weight excluding hydrogens is 232 g/mol. The number of nitrogens with one attached hydrogen (secondary N) is 1. The summed E-state index contributed by atoms with van der Waals surface area (Å²) in [5.41, 5.74) is 1.78. The van der Waals surface area contributed by atoms with Crippen LogP contribution in [0.15, 0.2) is 24.3 Å². The molecule has 0 aromatic heterocycles. The highest BCUT2D eigenvalue weighted by molar-refractivity contribution is 5.48. The Morgan fingerprint density at radius 3 is 2.37 bits per heavy atom. The molecule has 1 aromatic carbocycles. The summed E-state index contributed by atoms with van der Waals surface area (Å²) in [6.07, 6.45) is 10.7. The number of benzene rings is 1. The van der Waals surface area contributed by atoms with Crippen LogP contribution in [0.2, 0.25) is 0 Å². The lowest BCUT2D eigenvalue weighted by atomic mass is 10.1. The largest absolute Gasteiger partial charge is 0.385 e. The highest BCUT2D eigenvalue weighted by atomic mass is 14.9. The summed E-state index contributed by atoms with van der Waals surface area (Å²) < 4.78 is 0. The van der Waals surface area contributed by atoms with Crippen LogP contribution in [-0.4, -0.2) is 6.54 Å². The molecule has 0 amide bonds. The van der Waals surface area contributed by atoms with Gasteiger partial charge in [0.05, 0.1) is 11.6 Å². The van der Waals surface area contributed by atoms with Crippen LogP contribution >= 0.6 is 0 Å². The molecule has 0 unspecified atom stereocenters. The Labute approximate surface area is 117 Å². The lowest BCUT2D eigenvalue weighted by Gasteiger charge is -2.06. The first-order valence-electron chi connectivity index (χ1n) is 7.61. The zero-order valence-electron chi connectivity index (χ0n) is 12.1. The summed E-state index contributed by atoms with van der Waals surface area (Å²) in [4.78, 5) is 0. The van der Waals surface area contributed by atoms with Crippen LogP contribution < -0.4 is 5.32 Å². The van der Waals surface area contributed by atoms with Crippen molar-refractivity contribution in [1.82, 2.24) is 0 Å². The molecule has 0 saturated carbocycles. The van der Waals surface area contributed by atoms with Crippen LogP contribution in [0.5, 0.6) is 0 Å². The molecule has 0 radical (unpaired) electrons. The minimum atomic E-state index is 0.723. The van der Waals surface area contributed by atoms with Crippen LogP contribution in [0.1, 0.15) is 63.9 Å². The maximum absolute atomic E-state index is 8.81. The monoisotopic (exact) mass is 258 g/mol. The van der Waals surface area contributed by atoms with Gasteiger partial charge in [-0.2, -0.15) is 5.26 Å². The molecule has 104 valence electrons. The highest BCUT2D eigenvalue weighted by Gasteiger charge is 1.95. The molecule has 0 aliphatic carbocycles. The summed E-state index contributed by atoms with van der Waals surface area (Å²) >= 11 is 0. The molecule has 0 saturated heterocycles. The normalized spacial score (nSPS) is 10.1. The third kappa shape index (κ3) is 7.51. The molecule has 0 aliphatic rings. The number of anilines is 1. The van der Waals surface area contributed by atoms with Gasteiger partial charge in [0.1, 0.15) is 0 Å². The summed E-state index contributed by atoms with van der Waals surface area (Å²) in [7, 11) is 0. The Bertz CT molecular complexity index is 379. The van der Waals surface area contributed by atoms with Crippen molar-refractivity contribution in [2.24, 2.45) is 0 Å². The van der Waals surface area contributed by atoms with Gasteiger partial charge in [0.2, 0.25) is 0 Å². The topological polar surface area (TPSA) is 35.8 Å². The van der Waals surface area contributed by atoms with E-state index in [1.807, 2.05) is 24.3 Å². The van der Waals surface area contributed by atoms with Gasteiger partial charge >= 0.3 is 0 Å². The fourth-order valence-corrected chi connectivity index (χ4v) is 2.19. The Balaban J connectivity index is 2.00. The SMILES string of the molecule is CCCCCCCCCCNc1cccc(C#N)c1. The number of hydrogen-bond acceptors (Lipinski definition) is 2. The fraction of sp³-hybridized carbons (Fsp3) is 0.588. The molecule has 0 spiro atoms. The van der Waals surface area contributed by atoms with Crippen molar-refractivity contribution in [1.29, 1.82) is 5.26 Å². The molecule has 1 N–H and O–H groups in total. The second kappa shape index (κ2) is 10.4. The Kier molecular flexibility index (Phi) is 8.55. The van der Waals surface area contributed by atoms with E-state index in [9.17, 15) is 0 Å². The van der Waals surface area contributed by atoms with E-state index in [1.54, 1.807) is 0 Å². The van der Waals surface area contributed by atoms with Crippen molar-refractivity contribution in [2.45, 2.75) is 58.3 Å². The maximum atomic E-state index is 8.81. The third-order valence-corrected chi connectivity index (χ3v) is 3.35. The van der Waals surface area contributed by atoms with Crippen molar-refractivity contribution >= 4 is 5.69 Å². The Hall–Kier alpha value is -1.49. The van der Waals surface area contributed by atoms with Gasteiger partial charge in [-0.3, -0.25) is 0 Å². The van der Waals surface area contributed by atoms with Crippen LogP contribution in [0.25, 0.3) is 0 Å². The average molecular weight is 258 g/mol. The van der Waals surface area contributed by atoms with Gasteiger partial charge in [-0.25, -0.2) is 0 Å². The molecule has 2 nitrogen and oxygen atoms in total. The maximum Gasteiger partial charge on any atom is 0.0992 e. The lowest BCUT2D eigenvalue weighted by Crippen LogP contribution is -2.01. The third-order valence-electron chi connectivity index (χ3n) is 3.35. The first kappa shape index (κ1) is 15.6. The van der Waals surface area contributed by atoms with Crippen LogP contribution in [0.3, 0.4) is 0 Å². The number of unbranched alkanes of at least 4 members (excludes halogenated alkanes) is 7. The number of hydrogen-bond donors (Lipinski definition) is 1. The van der Waals surface area contributed by atoms with E-state index in [-0.39, 0.29) is 0 Å². The van der Waals surface area contributed by atoms with E-state index in [0.717, 1.165) is 17.8 Å². The van der Waals surface area contributed by atoms with Crippen LogP contribution in [0, 0.1) is 11.3 Å². The molecule has 1 rings (SSSR count). The van der Waals surface area contributed by atoms with Crippen LogP contribution in [0.4, 0.5) is 5.69 Å². The summed E-state index contributed by atoms with van der Waals surface area (Å²) in [6, 6.07) is 9.85.